The van der Waals surface area contributed by atoms with Crippen molar-refractivity contribution in [2.45, 2.75) is 6.92 Å². The molecule has 0 radical (unpaired) electrons. The Bertz CT molecular complexity index is 2710. The molecule has 0 fully saturated rings. The predicted octanol–water partition coefficient (Wildman–Crippen LogP) is 11.9. The fourth-order valence-electron chi connectivity index (χ4n) is 6.97. The summed E-state index contributed by atoms with van der Waals surface area (Å²) in [6.45, 7) is 3.93. The van der Waals surface area contributed by atoms with E-state index < -0.39 is 0 Å². The van der Waals surface area contributed by atoms with E-state index in [1.165, 1.54) is 0 Å². The van der Waals surface area contributed by atoms with E-state index >= 15 is 0 Å². The van der Waals surface area contributed by atoms with E-state index in [0.29, 0.717) is 26.4 Å². The zero-order valence-corrected chi connectivity index (χ0v) is 35.2. The minimum atomic E-state index is 0.367. The normalized spacial score (nSPS) is 11.2. The maximum Gasteiger partial charge on any atom is 0.142 e. The van der Waals surface area contributed by atoms with E-state index in [1.807, 2.05) is 72.8 Å². The average Bonchev–Trinajstić information content (AvgIpc) is 4.03. The van der Waals surface area contributed by atoms with E-state index in [-0.39, 0.29) is 0 Å². The fourth-order valence-corrected chi connectivity index (χ4v) is 8.56. The molecule has 3 aromatic carbocycles. The Kier molecular flexibility index (Phi) is 12.1. The van der Waals surface area contributed by atoms with E-state index in [4.69, 9.17) is 34.1 Å². The van der Waals surface area contributed by atoms with Gasteiger partial charge in [0.1, 0.15) is 22.4 Å². The van der Waals surface area contributed by atoms with Crippen molar-refractivity contribution in [3.05, 3.63) is 162 Å². The number of aromatic nitrogens is 6. The third kappa shape index (κ3) is 9.20. The van der Waals surface area contributed by atoms with Crippen LogP contribution >= 0.6 is 22.7 Å². The monoisotopic (exact) mass is 836 g/mol. The number of hydrogen-bond acceptors (Lipinski definition) is 11. The Morgan fingerprint density at radius 1 is 0.443 bits per heavy atom. The van der Waals surface area contributed by atoms with Crippen LogP contribution in [0.1, 0.15) is 5.56 Å². The lowest BCUT2D eigenvalue weighted by atomic mass is 9.93. The molecule has 0 saturated carbocycles. The Hall–Kier alpha value is -6.76. The molecule has 300 valence electrons. The van der Waals surface area contributed by atoms with Gasteiger partial charge in [0, 0.05) is 52.5 Å². The van der Waals surface area contributed by atoms with E-state index in [0.717, 1.165) is 100 Å². The lowest BCUT2D eigenvalue weighted by molar-refractivity contribution is 0.0546. The summed E-state index contributed by atoms with van der Waals surface area (Å²) in [7, 11) is 1.67. The summed E-state index contributed by atoms with van der Waals surface area (Å²) >= 11 is 3.15. The Balaban J connectivity index is 1.04. The average molecular weight is 837 g/mol. The van der Waals surface area contributed by atoms with Gasteiger partial charge in [-0.2, -0.15) is 0 Å². The maximum absolute atomic E-state index is 6.70. The number of pyridine rings is 4. The minimum Gasteiger partial charge on any atom is -0.490 e. The van der Waals surface area contributed by atoms with Crippen LogP contribution in [0.25, 0.3) is 88.9 Å². The number of hydrogen-bond donors (Lipinski definition) is 0. The van der Waals surface area contributed by atoms with E-state index in [2.05, 4.69) is 88.3 Å². The molecule has 0 saturated heterocycles. The highest BCUT2D eigenvalue weighted by Gasteiger charge is 2.19. The quantitative estimate of drug-likeness (QED) is 0.0933. The van der Waals surface area contributed by atoms with Gasteiger partial charge in [-0.25, -0.2) is 19.9 Å². The number of rotatable bonds is 15. The molecule has 9 nitrogen and oxygen atoms in total. The zero-order chi connectivity index (χ0) is 41.4. The highest BCUT2D eigenvalue weighted by atomic mass is 32.1. The Labute approximate surface area is 362 Å². The van der Waals surface area contributed by atoms with Gasteiger partial charge in [-0.1, -0.05) is 60.7 Å². The van der Waals surface area contributed by atoms with Crippen LogP contribution in [0.15, 0.2) is 157 Å². The van der Waals surface area contributed by atoms with E-state index in [1.54, 1.807) is 42.2 Å². The summed E-state index contributed by atoms with van der Waals surface area (Å²) in [5, 5.41) is 5.86. The Morgan fingerprint density at radius 3 is 1.43 bits per heavy atom. The summed E-state index contributed by atoms with van der Waals surface area (Å²) in [5.41, 5.74) is 13.7. The number of ether oxygens (including phenoxy) is 3. The van der Waals surface area contributed by atoms with Gasteiger partial charge < -0.3 is 14.2 Å². The van der Waals surface area contributed by atoms with Gasteiger partial charge in [-0.3, -0.25) is 9.97 Å². The van der Waals surface area contributed by atoms with Crippen LogP contribution in [0.3, 0.4) is 0 Å². The molecule has 9 aromatic rings. The molecule has 9 rings (SSSR count). The van der Waals surface area contributed by atoms with E-state index in [9.17, 15) is 0 Å². The number of nitrogens with zero attached hydrogens (tertiary/aromatic N) is 6. The zero-order valence-electron chi connectivity index (χ0n) is 33.6. The second kappa shape index (κ2) is 18.7. The molecule has 0 unspecified atom stereocenters. The molecule has 0 atom stereocenters. The van der Waals surface area contributed by atoms with Crippen LogP contribution in [-0.2, 0) is 9.47 Å². The van der Waals surface area contributed by atoms with Crippen molar-refractivity contribution in [3.8, 4) is 94.7 Å². The summed E-state index contributed by atoms with van der Waals surface area (Å²) in [6.07, 6.45) is 3.56. The van der Waals surface area contributed by atoms with Crippen LogP contribution in [0, 0.1) is 6.92 Å². The number of methoxy groups -OCH3 is 1. The largest absolute Gasteiger partial charge is 0.490 e. The minimum absolute atomic E-state index is 0.367. The summed E-state index contributed by atoms with van der Waals surface area (Å²) in [6, 6.07) is 44.9. The van der Waals surface area contributed by atoms with Crippen molar-refractivity contribution in [1.29, 1.82) is 0 Å². The molecule has 0 aliphatic rings. The van der Waals surface area contributed by atoms with Crippen LogP contribution in [0.4, 0.5) is 0 Å². The first-order valence-corrected chi connectivity index (χ1v) is 21.6. The van der Waals surface area contributed by atoms with Gasteiger partial charge in [0.2, 0.25) is 0 Å². The van der Waals surface area contributed by atoms with Gasteiger partial charge in [-0.15, -0.1) is 22.7 Å². The molecule has 0 aliphatic heterocycles. The molecule has 6 heterocycles. The molecule has 6 aromatic heterocycles. The molecule has 0 spiro atoms. The van der Waals surface area contributed by atoms with Crippen LogP contribution in [0.2, 0.25) is 0 Å². The second-order valence-corrected chi connectivity index (χ2v) is 15.8. The van der Waals surface area contributed by atoms with Crippen LogP contribution in [0.5, 0.6) is 5.75 Å². The van der Waals surface area contributed by atoms with Crippen molar-refractivity contribution in [3.63, 3.8) is 0 Å². The smallest absolute Gasteiger partial charge is 0.142 e. The maximum atomic E-state index is 6.70. The highest BCUT2D eigenvalue weighted by Crippen LogP contribution is 2.43. The molecular weight excluding hydrogens is 797 g/mol. The lowest BCUT2D eigenvalue weighted by Gasteiger charge is -2.19. The Morgan fingerprint density at radius 2 is 0.918 bits per heavy atom. The topological polar surface area (TPSA) is 105 Å². The first-order chi connectivity index (χ1) is 30.1. The van der Waals surface area contributed by atoms with Crippen molar-refractivity contribution in [2.75, 3.05) is 33.5 Å². The van der Waals surface area contributed by atoms with Crippen LogP contribution < -0.4 is 4.74 Å². The van der Waals surface area contributed by atoms with Crippen molar-refractivity contribution >= 4 is 22.7 Å². The number of aryl methyl sites for hydroxylation is 1. The third-order valence-electron chi connectivity index (χ3n) is 9.88. The summed E-state index contributed by atoms with van der Waals surface area (Å²) in [5.74, 6) is 0.777. The number of benzene rings is 3. The summed E-state index contributed by atoms with van der Waals surface area (Å²) < 4.78 is 17.7. The number of thiazole rings is 2. The first kappa shape index (κ1) is 39.7. The summed E-state index contributed by atoms with van der Waals surface area (Å²) in [4.78, 5) is 28.9. The molecule has 0 N–H and O–H groups in total. The first-order valence-electron chi connectivity index (χ1n) is 19.8. The van der Waals surface area contributed by atoms with Crippen molar-refractivity contribution in [2.24, 2.45) is 0 Å². The second-order valence-electron chi connectivity index (χ2n) is 14.1. The molecule has 11 heteroatoms. The van der Waals surface area contributed by atoms with Crippen molar-refractivity contribution in [1.82, 2.24) is 29.9 Å². The standard InChI is InChI=1S/C50H40N6O3S2/c1-33-27-38(34-11-7-13-36(29-34)46-31-60-49(55-46)44-19-9-17-42(53-44)40-15-3-5-21-51-40)48(59-26-25-58-24-23-57-2)39(28-33)35-12-8-14-37(30-35)47-32-61-50(56-47)45-20-10-18-43(54-45)41-16-4-6-22-52-41/h3-22,27-32H,23-26H2,1-2H3. The fraction of sp³-hybridized carbons (Fsp3) is 0.120. The van der Waals surface area contributed by atoms with Gasteiger partial charge in [-0.05, 0) is 96.4 Å². The molecule has 0 bridgehead atoms. The van der Waals surface area contributed by atoms with Gasteiger partial charge in [0.05, 0.1) is 65.4 Å². The lowest BCUT2D eigenvalue weighted by Crippen LogP contribution is -2.11. The molecule has 0 aliphatic carbocycles. The van der Waals surface area contributed by atoms with Crippen molar-refractivity contribution < 1.29 is 14.2 Å². The van der Waals surface area contributed by atoms with Crippen LogP contribution in [-0.4, -0.2) is 63.4 Å². The predicted molar refractivity (Wildman–Crippen MR) is 245 cm³/mol. The van der Waals surface area contributed by atoms with Gasteiger partial charge in [0.15, 0.2) is 0 Å². The highest BCUT2D eigenvalue weighted by molar-refractivity contribution is 7.13. The molecule has 0 amide bonds. The van der Waals surface area contributed by atoms with Gasteiger partial charge in [0.25, 0.3) is 0 Å². The third-order valence-corrected chi connectivity index (χ3v) is 11.6. The van der Waals surface area contributed by atoms with Gasteiger partial charge >= 0.3 is 0 Å². The molecular formula is C50H40N6O3S2. The SMILES string of the molecule is COCCOCCOc1c(-c2cccc(-c3csc(-c4cccc(-c5ccccn5)n4)n3)c2)cc(C)cc1-c1cccc(-c2csc(-c3cccc(-c4ccccn4)n3)n2)c1. The molecule has 61 heavy (non-hydrogen) atoms.